The van der Waals surface area contributed by atoms with Crippen molar-refractivity contribution in [1.82, 2.24) is 15.5 Å². The highest BCUT2D eigenvalue weighted by Gasteiger charge is 2.23. The van der Waals surface area contributed by atoms with Crippen molar-refractivity contribution >= 4 is 52.0 Å². The Hall–Kier alpha value is -1.10. The van der Waals surface area contributed by atoms with Crippen LogP contribution in [0.4, 0.5) is 9.18 Å². The second kappa shape index (κ2) is 11.6. The number of hydrogen-bond donors (Lipinski definition) is 2. The molecule has 0 aliphatic carbocycles. The van der Waals surface area contributed by atoms with E-state index >= 15 is 0 Å². The molecule has 0 unspecified atom stereocenters. The zero-order chi connectivity index (χ0) is 18.2. The van der Waals surface area contributed by atoms with Gasteiger partial charge in [0.05, 0.1) is 11.1 Å². The zero-order valence-corrected chi connectivity index (χ0v) is 18.8. The summed E-state index contributed by atoms with van der Waals surface area (Å²) in [5.74, 6) is 0.381. The summed E-state index contributed by atoms with van der Waals surface area (Å²) in [6, 6.07) is 5.26. The Kier molecular flexibility index (Phi) is 10.2. The number of aliphatic imine (C=N–C) groups is 1. The van der Waals surface area contributed by atoms with Crippen LogP contribution in [0.15, 0.2) is 27.7 Å². The average molecular weight is 543 g/mol. The number of nitrogens with zero attached hydrogens (tertiary/aromatic N) is 2. The van der Waals surface area contributed by atoms with Gasteiger partial charge < -0.3 is 20.3 Å². The van der Waals surface area contributed by atoms with Crippen molar-refractivity contribution in [1.29, 1.82) is 0 Å². The van der Waals surface area contributed by atoms with Gasteiger partial charge >= 0.3 is 6.09 Å². The predicted octanol–water partition coefficient (Wildman–Crippen LogP) is 3.49. The van der Waals surface area contributed by atoms with Crippen LogP contribution in [-0.4, -0.2) is 49.7 Å². The molecule has 9 heteroatoms. The van der Waals surface area contributed by atoms with Gasteiger partial charge in [-0.1, -0.05) is 6.07 Å². The van der Waals surface area contributed by atoms with E-state index in [2.05, 4.69) is 31.6 Å². The molecule has 2 rings (SSSR count). The number of piperidine rings is 1. The van der Waals surface area contributed by atoms with Gasteiger partial charge in [-0.3, -0.25) is 4.99 Å². The summed E-state index contributed by atoms with van der Waals surface area (Å²) in [5, 5.41) is 6.54. The number of amides is 1. The lowest BCUT2D eigenvalue weighted by Crippen LogP contribution is -2.49. The van der Waals surface area contributed by atoms with E-state index in [-0.39, 0.29) is 41.9 Å². The molecule has 1 aromatic rings. The van der Waals surface area contributed by atoms with Crippen LogP contribution in [0.2, 0.25) is 0 Å². The molecule has 0 aromatic heterocycles. The van der Waals surface area contributed by atoms with Crippen LogP contribution < -0.4 is 10.6 Å². The summed E-state index contributed by atoms with van der Waals surface area (Å²) in [7, 11) is 1.70. The molecule has 1 aliphatic rings. The fourth-order valence-electron chi connectivity index (χ4n) is 2.64. The molecular weight excluding hydrogens is 518 g/mol. The number of benzene rings is 1. The van der Waals surface area contributed by atoms with E-state index in [1.165, 1.54) is 6.07 Å². The van der Waals surface area contributed by atoms with Gasteiger partial charge in [-0.25, -0.2) is 9.18 Å². The van der Waals surface area contributed by atoms with Crippen molar-refractivity contribution in [2.24, 2.45) is 4.99 Å². The van der Waals surface area contributed by atoms with Crippen molar-refractivity contribution in [2.45, 2.75) is 32.4 Å². The smallest absolute Gasteiger partial charge is 0.409 e. The third kappa shape index (κ3) is 6.90. The van der Waals surface area contributed by atoms with E-state index in [0.29, 0.717) is 36.7 Å². The molecular formula is C17H25BrFIN4O2. The van der Waals surface area contributed by atoms with Crippen LogP contribution in [-0.2, 0) is 11.3 Å². The largest absolute Gasteiger partial charge is 0.450 e. The van der Waals surface area contributed by atoms with E-state index in [1.807, 2.05) is 6.07 Å². The summed E-state index contributed by atoms with van der Waals surface area (Å²) in [6.45, 7) is 3.99. The molecule has 2 N–H and O–H groups in total. The topological polar surface area (TPSA) is 66.0 Å². The number of nitrogens with one attached hydrogen (secondary N) is 2. The first-order valence-corrected chi connectivity index (χ1v) is 9.15. The Morgan fingerprint density at radius 2 is 2.12 bits per heavy atom. The minimum atomic E-state index is -0.284. The molecule has 0 radical (unpaired) electrons. The van der Waals surface area contributed by atoms with Gasteiger partial charge in [-0.2, -0.15) is 0 Å². The minimum absolute atomic E-state index is 0. The second-order valence-corrected chi connectivity index (χ2v) is 6.63. The monoisotopic (exact) mass is 542 g/mol. The van der Waals surface area contributed by atoms with Crippen LogP contribution in [0.1, 0.15) is 25.3 Å². The first-order valence-electron chi connectivity index (χ1n) is 8.36. The number of hydrogen-bond acceptors (Lipinski definition) is 3. The molecule has 1 saturated heterocycles. The summed E-state index contributed by atoms with van der Waals surface area (Å²) in [6.07, 6.45) is 1.40. The molecule has 0 saturated carbocycles. The molecule has 0 spiro atoms. The first kappa shape index (κ1) is 22.9. The fraction of sp³-hybridized carbons (Fsp3) is 0.529. The standard InChI is InChI=1S/C17H24BrFN4O2.HI/c1-3-25-17(24)23-8-6-13(7-9-23)22-16(20-2)21-11-12-4-5-14(18)15(19)10-12;/h4-5,10,13H,3,6-9,11H2,1-2H3,(H2,20,21,22);1H. The molecule has 0 bridgehead atoms. The van der Waals surface area contributed by atoms with Crippen molar-refractivity contribution in [3.8, 4) is 0 Å². The maximum Gasteiger partial charge on any atom is 0.409 e. The van der Waals surface area contributed by atoms with Crippen LogP contribution in [0.3, 0.4) is 0 Å². The molecule has 1 aliphatic heterocycles. The third-order valence-corrected chi connectivity index (χ3v) is 4.67. The number of likely N-dealkylation sites (tertiary alicyclic amines) is 1. The normalized spacial score (nSPS) is 15.2. The van der Waals surface area contributed by atoms with Crippen molar-refractivity contribution in [3.63, 3.8) is 0 Å². The van der Waals surface area contributed by atoms with E-state index in [4.69, 9.17) is 4.74 Å². The van der Waals surface area contributed by atoms with E-state index in [0.717, 1.165) is 18.4 Å². The lowest BCUT2D eigenvalue weighted by Gasteiger charge is -2.32. The Morgan fingerprint density at radius 3 is 2.69 bits per heavy atom. The van der Waals surface area contributed by atoms with Crippen LogP contribution in [0, 0.1) is 5.82 Å². The van der Waals surface area contributed by atoms with Crippen LogP contribution >= 0.6 is 39.9 Å². The number of ether oxygens (including phenoxy) is 1. The van der Waals surface area contributed by atoms with Gasteiger partial charge in [0.15, 0.2) is 5.96 Å². The van der Waals surface area contributed by atoms with Gasteiger partial charge in [0.25, 0.3) is 0 Å². The second-order valence-electron chi connectivity index (χ2n) is 5.78. The van der Waals surface area contributed by atoms with Gasteiger partial charge in [-0.15, -0.1) is 24.0 Å². The molecule has 26 heavy (non-hydrogen) atoms. The Bertz CT molecular complexity index is 625. The van der Waals surface area contributed by atoms with Gasteiger partial charge in [0.1, 0.15) is 5.82 Å². The maximum absolute atomic E-state index is 13.6. The molecule has 1 amide bonds. The van der Waals surface area contributed by atoms with Crippen molar-refractivity contribution in [3.05, 3.63) is 34.1 Å². The summed E-state index contributed by atoms with van der Waals surface area (Å²) in [5.41, 5.74) is 0.834. The molecule has 146 valence electrons. The quantitative estimate of drug-likeness (QED) is 0.347. The fourth-order valence-corrected chi connectivity index (χ4v) is 2.89. The Balaban J connectivity index is 0.00000338. The van der Waals surface area contributed by atoms with Gasteiger partial charge in [-0.05, 0) is 53.4 Å². The minimum Gasteiger partial charge on any atom is -0.450 e. The Morgan fingerprint density at radius 1 is 1.42 bits per heavy atom. The summed E-state index contributed by atoms with van der Waals surface area (Å²) >= 11 is 3.15. The van der Waals surface area contributed by atoms with Crippen molar-refractivity contribution < 1.29 is 13.9 Å². The molecule has 1 aromatic carbocycles. The highest BCUT2D eigenvalue weighted by atomic mass is 127. The SMILES string of the molecule is CCOC(=O)N1CCC(NC(=NC)NCc2ccc(Br)c(F)c2)CC1.I. The number of halogens is 3. The number of carbonyl (C=O) groups is 1. The summed E-state index contributed by atoms with van der Waals surface area (Å²) < 4.78 is 19.0. The molecule has 1 heterocycles. The van der Waals surface area contributed by atoms with E-state index in [1.54, 1.807) is 24.9 Å². The van der Waals surface area contributed by atoms with Gasteiger partial charge in [0, 0.05) is 32.7 Å². The average Bonchev–Trinajstić information content (AvgIpc) is 2.62. The van der Waals surface area contributed by atoms with Crippen LogP contribution in [0.5, 0.6) is 0 Å². The maximum atomic E-state index is 13.6. The van der Waals surface area contributed by atoms with Crippen LogP contribution in [0.25, 0.3) is 0 Å². The molecule has 6 nitrogen and oxygen atoms in total. The molecule has 0 atom stereocenters. The lowest BCUT2D eigenvalue weighted by molar-refractivity contribution is 0.0963. The van der Waals surface area contributed by atoms with Gasteiger partial charge in [0.2, 0.25) is 0 Å². The van der Waals surface area contributed by atoms with Crippen molar-refractivity contribution in [2.75, 3.05) is 26.7 Å². The summed E-state index contributed by atoms with van der Waals surface area (Å²) in [4.78, 5) is 17.6. The lowest BCUT2D eigenvalue weighted by atomic mass is 10.1. The molecule has 1 fully saturated rings. The number of carbonyl (C=O) groups excluding carboxylic acids is 1. The zero-order valence-electron chi connectivity index (χ0n) is 14.9. The van der Waals surface area contributed by atoms with E-state index < -0.39 is 0 Å². The number of guanidine groups is 1. The Labute approximate surface area is 179 Å². The predicted molar refractivity (Wildman–Crippen MR) is 114 cm³/mol. The number of rotatable bonds is 4. The first-order chi connectivity index (χ1) is 12.0. The third-order valence-electron chi connectivity index (χ3n) is 4.03. The van der Waals surface area contributed by atoms with E-state index in [9.17, 15) is 9.18 Å². The highest BCUT2D eigenvalue weighted by Crippen LogP contribution is 2.16. The highest BCUT2D eigenvalue weighted by molar-refractivity contribution is 14.0.